The second-order valence-corrected chi connectivity index (χ2v) is 8.19. The minimum Gasteiger partial charge on any atom is -0.496 e. The molecule has 1 aromatic carbocycles. The van der Waals surface area contributed by atoms with E-state index in [2.05, 4.69) is 27.8 Å². The average Bonchev–Trinajstić information content (AvgIpc) is 3.50. The summed E-state index contributed by atoms with van der Waals surface area (Å²) in [6.07, 6.45) is 5.15. The lowest BCUT2D eigenvalue weighted by atomic mass is 9.85. The number of nitrogens with one attached hydrogen (secondary N) is 2. The van der Waals surface area contributed by atoms with E-state index in [-0.39, 0.29) is 35.5 Å². The molecule has 32 heavy (non-hydrogen) atoms. The van der Waals surface area contributed by atoms with E-state index in [1.54, 1.807) is 40.5 Å². The van der Waals surface area contributed by atoms with Crippen molar-refractivity contribution in [2.45, 2.75) is 13.0 Å². The number of ether oxygens (including phenoxy) is 3. The number of hydrogen-bond acceptors (Lipinski definition) is 6. The number of guanidine groups is 1. The molecule has 1 saturated carbocycles. The zero-order chi connectivity index (χ0) is 22.8. The van der Waals surface area contributed by atoms with E-state index in [0.29, 0.717) is 42.8 Å². The van der Waals surface area contributed by atoms with Crippen LogP contribution in [0.15, 0.2) is 29.3 Å². The number of carbonyl (C=O) groups is 2. The van der Waals surface area contributed by atoms with Crippen LogP contribution in [0.3, 0.4) is 0 Å². The van der Waals surface area contributed by atoms with Gasteiger partial charge in [-0.2, -0.15) is 0 Å². The molecule has 2 bridgehead atoms. The molecule has 1 aliphatic heterocycles. The Labute approximate surface area is 187 Å². The quantitative estimate of drug-likeness (QED) is 0.270. The molecule has 0 aromatic heterocycles. The number of likely N-dealkylation sites (tertiary alicyclic amines) is 1. The van der Waals surface area contributed by atoms with Crippen molar-refractivity contribution in [1.29, 1.82) is 0 Å². The maximum absolute atomic E-state index is 12.8. The summed E-state index contributed by atoms with van der Waals surface area (Å²) in [6, 6.07) is 3.58. The van der Waals surface area contributed by atoms with Gasteiger partial charge in [-0.1, -0.05) is 12.2 Å². The second-order valence-electron chi connectivity index (χ2n) is 8.19. The molecule has 1 aromatic rings. The molecule has 2 amide bonds. The van der Waals surface area contributed by atoms with Crippen molar-refractivity contribution in [2.75, 3.05) is 41.5 Å². The molecule has 9 nitrogen and oxygen atoms in total. The normalized spacial score (nSPS) is 25.9. The minimum absolute atomic E-state index is 0.0331. The number of rotatable bonds is 8. The van der Waals surface area contributed by atoms with Crippen molar-refractivity contribution in [2.24, 2.45) is 28.7 Å². The van der Waals surface area contributed by atoms with Crippen LogP contribution < -0.4 is 24.8 Å². The number of carbonyl (C=O) groups excluding carboxylic acids is 2. The molecule has 2 N–H and O–H groups in total. The first-order valence-corrected chi connectivity index (χ1v) is 10.8. The number of imide groups is 1. The van der Waals surface area contributed by atoms with Crippen LogP contribution >= 0.6 is 0 Å². The standard InChI is InChI=1S/C23H30N4O5/c1-24-23(26-12-16-17(31-3)10-15(30-2)11-18(16)32-4)25-7-8-27-21(28)19-13-5-6-14(9-13)20(19)22(27)29/h5-6,10-11,13-14,19-20H,7-9,12H2,1-4H3,(H2,24,25,26). The van der Waals surface area contributed by atoms with Crippen molar-refractivity contribution in [3.05, 3.63) is 29.8 Å². The molecule has 9 heteroatoms. The van der Waals surface area contributed by atoms with E-state index < -0.39 is 0 Å². The van der Waals surface area contributed by atoms with Gasteiger partial charge in [-0.3, -0.25) is 19.5 Å². The molecular weight excluding hydrogens is 412 g/mol. The van der Waals surface area contributed by atoms with Crippen LogP contribution in [0.25, 0.3) is 0 Å². The van der Waals surface area contributed by atoms with Gasteiger partial charge < -0.3 is 24.8 Å². The molecular formula is C23H30N4O5. The Morgan fingerprint density at radius 2 is 1.59 bits per heavy atom. The van der Waals surface area contributed by atoms with Crippen LogP contribution in [-0.2, 0) is 16.1 Å². The topological polar surface area (TPSA) is 101 Å². The molecule has 3 aliphatic rings. The van der Waals surface area contributed by atoms with Gasteiger partial charge >= 0.3 is 0 Å². The van der Waals surface area contributed by atoms with Crippen molar-refractivity contribution >= 4 is 17.8 Å². The van der Waals surface area contributed by atoms with Gasteiger partial charge in [-0.25, -0.2) is 0 Å². The molecule has 2 aliphatic carbocycles. The highest BCUT2D eigenvalue weighted by Gasteiger charge is 2.58. The first kappa shape index (κ1) is 22.0. The number of nitrogens with zero attached hydrogens (tertiary/aromatic N) is 2. The van der Waals surface area contributed by atoms with Crippen LogP contribution in [0.1, 0.15) is 12.0 Å². The SMILES string of the molecule is CN=C(NCCN1C(=O)C2C3C=CC(C3)C2C1=O)NCc1c(OC)cc(OC)cc1OC. The molecule has 4 unspecified atom stereocenters. The Bertz CT molecular complexity index is 905. The number of aliphatic imine (C=N–C) groups is 1. The molecule has 2 fully saturated rings. The summed E-state index contributed by atoms with van der Waals surface area (Å²) in [6.45, 7) is 1.13. The Hall–Kier alpha value is -3.23. The third kappa shape index (κ3) is 3.76. The largest absolute Gasteiger partial charge is 0.496 e. The highest BCUT2D eigenvalue weighted by atomic mass is 16.5. The first-order chi connectivity index (χ1) is 15.5. The Morgan fingerprint density at radius 3 is 2.09 bits per heavy atom. The highest BCUT2D eigenvalue weighted by Crippen LogP contribution is 2.52. The van der Waals surface area contributed by atoms with Gasteiger partial charge in [0, 0.05) is 32.3 Å². The molecule has 4 atom stereocenters. The third-order valence-corrected chi connectivity index (χ3v) is 6.66. The fourth-order valence-electron chi connectivity index (χ4n) is 5.12. The van der Waals surface area contributed by atoms with Crippen LogP contribution in [0.2, 0.25) is 0 Å². The fraction of sp³-hybridized carbons (Fsp3) is 0.522. The van der Waals surface area contributed by atoms with Gasteiger partial charge in [0.15, 0.2) is 5.96 Å². The predicted molar refractivity (Wildman–Crippen MR) is 119 cm³/mol. The van der Waals surface area contributed by atoms with Crippen molar-refractivity contribution in [1.82, 2.24) is 15.5 Å². The smallest absolute Gasteiger partial charge is 0.233 e. The number of fused-ring (bicyclic) bond motifs is 5. The van der Waals surface area contributed by atoms with E-state index >= 15 is 0 Å². The van der Waals surface area contributed by atoms with Gasteiger partial charge in [0.25, 0.3) is 0 Å². The molecule has 1 saturated heterocycles. The lowest BCUT2D eigenvalue weighted by Crippen LogP contribution is -2.43. The zero-order valence-corrected chi connectivity index (χ0v) is 18.9. The maximum Gasteiger partial charge on any atom is 0.233 e. The van der Waals surface area contributed by atoms with Gasteiger partial charge in [-0.05, 0) is 18.3 Å². The summed E-state index contributed by atoms with van der Waals surface area (Å²) < 4.78 is 16.2. The van der Waals surface area contributed by atoms with Crippen LogP contribution in [-0.4, -0.2) is 64.1 Å². The fourth-order valence-corrected chi connectivity index (χ4v) is 5.12. The number of amides is 2. The second kappa shape index (κ2) is 9.10. The summed E-state index contributed by atoms with van der Waals surface area (Å²) in [7, 11) is 6.43. The Kier molecular flexibility index (Phi) is 6.25. The van der Waals surface area contributed by atoms with E-state index in [9.17, 15) is 9.59 Å². The number of methoxy groups -OCH3 is 3. The predicted octanol–water partition coefficient (Wildman–Crippen LogP) is 1.18. The monoisotopic (exact) mass is 442 g/mol. The zero-order valence-electron chi connectivity index (χ0n) is 18.9. The summed E-state index contributed by atoms with van der Waals surface area (Å²) in [5, 5.41) is 6.40. The number of benzene rings is 1. The average molecular weight is 443 g/mol. The third-order valence-electron chi connectivity index (χ3n) is 6.66. The maximum atomic E-state index is 12.8. The molecule has 1 heterocycles. The number of hydrogen-bond donors (Lipinski definition) is 2. The van der Waals surface area contributed by atoms with Gasteiger partial charge in [0.05, 0.1) is 45.3 Å². The summed E-state index contributed by atoms with van der Waals surface area (Å²) in [5.41, 5.74) is 0.819. The van der Waals surface area contributed by atoms with E-state index in [0.717, 1.165) is 12.0 Å². The summed E-state index contributed by atoms with van der Waals surface area (Å²) >= 11 is 0. The lowest BCUT2D eigenvalue weighted by Gasteiger charge is -2.19. The highest BCUT2D eigenvalue weighted by molar-refractivity contribution is 6.06. The van der Waals surface area contributed by atoms with Crippen molar-refractivity contribution in [3.8, 4) is 17.2 Å². The minimum atomic E-state index is -0.162. The van der Waals surface area contributed by atoms with Gasteiger partial charge in [0.1, 0.15) is 17.2 Å². The van der Waals surface area contributed by atoms with Crippen molar-refractivity contribution in [3.63, 3.8) is 0 Å². The number of allylic oxidation sites excluding steroid dienone is 2. The molecule has 172 valence electrons. The Balaban J connectivity index is 1.33. The van der Waals surface area contributed by atoms with Gasteiger partial charge in [-0.15, -0.1) is 0 Å². The van der Waals surface area contributed by atoms with Crippen LogP contribution in [0.4, 0.5) is 0 Å². The van der Waals surface area contributed by atoms with Crippen molar-refractivity contribution < 1.29 is 23.8 Å². The summed E-state index contributed by atoms with van der Waals surface area (Å²) in [4.78, 5) is 31.2. The van der Waals surface area contributed by atoms with Crippen LogP contribution in [0, 0.1) is 23.7 Å². The van der Waals surface area contributed by atoms with E-state index in [1.165, 1.54) is 4.90 Å². The molecule has 0 spiro atoms. The Morgan fingerprint density at radius 1 is 1.00 bits per heavy atom. The van der Waals surface area contributed by atoms with E-state index in [4.69, 9.17) is 14.2 Å². The lowest BCUT2D eigenvalue weighted by molar-refractivity contribution is -0.140. The molecule has 4 rings (SSSR count). The van der Waals surface area contributed by atoms with E-state index in [1.807, 2.05) is 0 Å². The molecule has 0 radical (unpaired) electrons. The van der Waals surface area contributed by atoms with Gasteiger partial charge in [0.2, 0.25) is 11.8 Å². The van der Waals surface area contributed by atoms with Crippen LogP contribution in [0.5, 0.6) is 17.2 Å². The summed E-state index contributed by atoms with van der Waals surface area (Å²) in [5.74, 6) is 2.51. The first-order valence-electron chi connectivity index (χ1n) is 10.8.